The number of carbonyl (C=O) groups is 1. The molecule has 0 heterocycles. The fourth-order valence-corrected chi connectivity index (χ4v) is 1.62. The first-order valence-electron chi connectivity index (χ1n) is 6.70. The fourth-order valence-electron chi connectivity index (χ4n) is 1.62. The third-order valence-electron chi connectivity index (χ3n) is 3.05. The highest BCUT2D eigenvalue weighted by molar-refractivity contribution is 5.98. The van der Waals surface area contributed by atoms with Crippen LogP contribution in [0.4, 0.5) is 59.7 Å². The third-order valence-corrected chi connectivity index (χ3v) is 3.05. The summed E-state index contributed by atoms with van der Waals surface area (Å²) in [5, 5.41) is 18.6. The lowest BCUT2D eigenvalue weighted by Gasteiger charge is -2.34. The summed E-state index contributed by atoms with van der Waals surface area (Å²) in [4.78, 5) is 11.5. The van der Waals surface area contributed by atoms with E-state index in [0.29, 0.717) is 12.1 Å². The zero-order chi connectivity index (χ0) is 23.1. The highest BCUT2D eigenvalue weighted by Gasteiger charge is 2.79. The zero-order valence-electron chi connectivity index (χ0n) is 13.1. The minimum atomic E-state index is -7.33. The quantitative estimate of drug-likeness (QED) is 0.458. The fraction of sp³-hybridized carbons (Fsp3) is 0.417. The van der Waals surface area contributed by atoms with E-state index < -0.39 is 52.7 Å². The van der Waals surface area contributed by atoms with Crippen molar-refractivity contribution in [2.45, 2.75) is 30.2 Å². The molecule has 0 aromatic heterocycles. The van der Waals surface area contributed by atoms with Gasteiger partial charge in [0.2, 0.25) is 0 Å². The van der Waals surface area contributed by atoms with Crippen LogP contribution in [0.3, 0.4) is 0 Å². The van der Waals surface area contributed by atoms with Gasteiger partial charge in [-0.25, -0.2) is 5.21 Å². The Bertz CT molecular complexity index is 750. The molecule has 0 radical (unpaired) electrons. The number of hydrogen-bond donors (Lipinski definition) is 3. The Hall–Kier alpha value is -2.24. The SMILES string of the molecule is O=C(Nc1ccccc1[NH+]([O-])O)[C@@](F)(OC(F)(F)C(F)(F)C(F)(F)F)C(F)(F)F. The number of anilines is 1. The van der Waals surface area contributed by atoms with Crippen molar-refractivity contribution in [1.29, 1.82) is 0 Å². The normalized spacial score (nSPS) is 16.9. The van der Waals surface area contributed by atoms with E-state index in [-0.39, 0.29) is 0 Å². The van der Waals surface area contributed by atoms with E-state index >= 15 is 0 Å². The Balaban J connectivity index is 3.38. The predicted molar refractivity (Wildman–Crippen MR) is 67.8 cm³/mol. The Morgan fingerprint density at radius 3 is 1.83 bits per heavy atom. The van der Waals surface area contributed by atoms with E-state index in [1.54, 1.807) is 0 Å². The van der Waals surface area contributed by atoms with Gasteiger partial charge in [0.25, 0.3) is 5.91 Å². The Kier molecular flexibility index (Phi) is 6.45. The molecule has 0 spiro atoms. The van der Waals surface area contributed by atoms with Gasteiger partial charge in [0.1, 0.15) is 5.69 Å². The number of alkyl halides is 11. The van der Waals surface area contributed by atoms with Gasteiger partial charge in [0, 0.05) is 6.07 Å². The molecule has 1 rings (SSSR count). The van der Waals surface area contributed by atoms with Crippen molar-refractivity contribution in [3.8, 4) is 0 Å². The monoisotopic (exact) mass is 452 g/mol. The van der Waals surface area contributed by atoms with Crippen molar-refractivity contribution in [2.24, 2.45) is 0 Å². The van der Waals surface area contributed by atoms with Crippen LogP contribution in [0.5, 0.6) is 0 Å². The maximum Gasteiger partial charge on any atom is 0.462 e. The Morgan fingerprint density at radius 1 is 0.931 bits per heavy atom. The van der Waals surface area contributed by atoms with E-state index in [9.17, 15) is 58.3 Å². The molecule has 0 saturated carbocycles. The van der Waals surface area contributed by atoms with Crippen molar-refractivity contribution in [3.05, 3.63) is 29.5 Å². The van der Waals surface area contributed by atoms with Gasteiger partial charge in [0.05, 0.1) is 0 Å². The maximum atomic E-state index is 14.0. The summed E-state index contributed by atoms with van der Waals surface area (Å²) >= 11 is 0. The molecule has 1 amide bonds. The minimum absolute atomic E-state index is 0.542. The number of para-hydroxylation sites is 2. The highest BCUT2D eigenvalue weighted by Crippen LogP contribution is 2.51. The van der Waals surface area contributed by atoms with Crippen molar-refractivity contribution in [1.82, 2.24) is 0 Å². The summed E-state index contributed by atoms with van der Waals surface area (Å²) in [5.74, 6) is -17.1. The molecule has 0 saturated heterocycles. The van der Waals surface area contributed by atoms with Gasteiger partial charge in [-0.2, -0.15) is 53.5 Å². The van der Waals surface area contributed by atoms with Crippen LogP contribution >= 0.6 is 0 Å². The average molecular weight is 452 g/mol. The van der Waals surface area contributed by atoms with Gasteiger partial charge in [-0.1, -0.05) is 12.1 Å². The summed E-state index contributed by atoms with van der Waals surface area (Å²) in [6.45, 7) is 0. The summed E-state index contributed by atoms with van der Waals surface area (Å²) in [7, 11) is 0. The molecule has 1 aromatic rings. The van der Waals surface area contributed by atoms with Crippen LogP contribution in [-0.2, 0) is 9.53 Å². The molecule has 17 heteroatoms. The predicted octanol–water partition coefficient (Wildman–Crippen LogP) is 3.06. The Labute approximate surface area is 152 Å². The lowest BCUT2D eigenvalue weighted by molar-refractivity contribution is -0.990. The van der Waals surface area contributed by atoms with E-state index in [1.807, 2.05) is 0 Å². The van der Waals surface area contributed by atoms with Crippen LogP contribution in [0.1, 0.15) is 0 Å². The van der Waals surface area contributed by atoms with E-state index in [4.69, 9.17) is 5.21 Å². The van der Waals surface area contributed by atoms with Gasteiger partial charge in [0.15, 0.2) is 5.69 Å². The molecule has 29 heavy (non-hydrogen) atoms. The number of benzene rings is 1. The van der Waals surface area contributed by atoms with Gasteiger partial charge >= 0.3 is 30.2 Å². The smallest absolute Gasteiger partial charge is 0.462 e. The molecule has 0 fully saturated rings. The molecule has 1 aromatic carbocycles. The number of carbonyl (C=O) groups excluding carboxylic acids is 1. The van der Waals surface area contributed by atoms with E-state index in [1.165, 1.54) is 0 Å². The number of hydrogen-bond acceptors (Lipinski definition) is 4. The first kappa shape index (κ1) is 24.8. The van der Waals surface area contributed by atoms with Crippen LogP contribution in [0.15, 0.2) is 24.3 Å². The summed E-state index contributed by atoms with van der Waals surface area (Å²) in [6.07, 6.45) is -21.3. The molecular weight excluding hydrogens is 445 g/mol. The number of halogens is 11. The molecule has 2 atom stereocenters. The van der Waals surface area contributed by atoms with E-state index in [2.05, 4.69) is 4.74 Å². The molecule has 0 aliphatic carbocycles. The summed E-state index contributed by atoms with van der Waals surface area (Å²) in [6, 6.07) is 3.04. The van der Waals surface area contributed by atoms with Crippen LogP contribution in [0.25, 0.3) is 0 Å². The van der Waals surface area contributed by atoms with Crippen molar-refractivity contribution < 1.29 is 68.3 Å². The summed E-state index contributed by atoms with van der Waals surface area (Å²) < 4.78 is 142. The summed E-state index contributed by atoms with van der Waals surface area (Å²) in [5.41, 5.74) is -2.14. The number of ether oxygens (including phenoxy) is 1. The number of quaternary nitrogens is 1. The van der Waals surface area contributed by atoms with Crippen LogP contribution in [-0.4, -0.2) is 41.4 Å². The van der Waals surface area contributed by atoms with Gasteiger partial charge in [-0.15, -0.1) is 0 Å². The number of amides is 1. The van der Waals surface area contributed by atoms with Crippen molar-refractivity contribution in [3.63, 3.8) is 0 Å². The maximum absolute atomic E-state index is 14.0. The van der Waals surface area contributed by atoms with Crippen LogP contribution < -0.4 is 10.5 Å². The van der Waals surface area contributed by atoms with Gasteiger partial charge in [-0.3, -0.25) is 9.53 Å². The molecule has 0 aliphatic rings. The third kappa shape index (κ3) is 4.68. The molecule has 1 unspecified atom stereocenters. The first-order chi connectivity index (χ1) is 12.8. The average Bonchev–Trinajstić information content (AvgIpc) is 2.52. The number of rotatable bonds is 6. The van der Waals surface area contributed by atoms with Crippen LogP contribution in [0.2, 0.25) is 0 Å². The lowest BCUT2D eigenvalue weighted by Crippen LogP contribution is -2.99. The Morgan fingerprint density at radius 2 is 1.41 bits per heavy atom. The molecule has 0 aliphatic heterocycles. The number of nitrogens with one attached hydrogen (secondary N) is 2. The minimum Gasteiger partial charge on any atom is -0.595 e. The zero-order valence-corrected chi connectivity index (χ0v) is 13.1. The molecule has 166 valence electrons. The van der Waals surface area contributed by atoms with Crippen LogP contribution in [0, 0.1) is 5.21 Å². The second-order valence-electron chi connectivity index (χ2n) is 5.09. The molecule has 6 nitrogen and oxygen atoms in total. The first-order valence-corrected chi connectivity index (χ1v) is 6.70. The second kappa shape index (κ2) is 7.54. The van der Waals surface area contributed by atoms with E-state index in [0.717, 1.165) is 17.4 Å². The van der Waals surface area contributed by atoms with Gasteiger partial charge in [-0.05, 0) is 6.07 Å². The van der Waals surface area contributed by atoms with Crippen molar-refractivity contribution in [2.75, 3.05) is 5.32 Å². The topological polar surface area (TPSA) is 86.1 Å². The second-order valence-corrected chi connectivity index (χ2v) is 5.09. The van der Waals surface area contributed by atoms with Crippen molar-refractivity contribution >= 4 is 17.3 Å². The van der Waals surface area contributed by atoms with Gasteiger partial charge < -0.3 is 10.5 Å². The lowest BCUT2D eigenvalue weighted by atomic mass is 10.2. The molecule has 3 N–H and O–H groups in total. The molecule has 0 bridgehead atoms. The molecular formula is C12H7F11N2O4. The largest absolute Gasteiger partial charge is 0.595 e. The highest BCUT2D eigenvalue weighted by atomic mass is 19.4. The standard InChI is InChI=1S/C12H7F11N2O4/c13-8(10(16,17)18,29-12(22,23)9(14,15)11(19,20)21)7(26)24-5-3-1-2-4-6(5)25(27)28/h1-4,25,27H,(H,24,26)/t8-/m1/s1.